The molecule has 2 aromatic rings. The zero-order valence-electron chi connectivity index (χ0n) is 18.0. The van der Waals surface area contributed by atoms with Gasteiger partial charge < -0.3 is 15.4 Å². The molecule has 0 spiro atoms. The molecule has 3 N–H and O–H groups in total. The Bertz CT molecular complexity index is 936. The molecule has 0 unspecified atom stereocenters. The summed E-state index contributed by atoms with van der Waals surface area (Å²) in [5, 5.41) is 9.17. The maximum atomic E-state index is 12.3. The van der Waals surface area contributed by atoms with Gasteiger partial charge in [-0.2, -0.15) is 5.10 Å². The van der Waals surface area contributed by atoms with Gasteiger partial charge in [-0.15, -0.1) is 0 Å². The summed E-state index contributed by atoms with van der Waals surface area (Å²) < 4.78 is 5.63. The highest BCUT2D eigenvalue weighted by Gasteiger charge is 2.12. The number of aryl methyl sites for hydroxylation is 2. The Kier molecular flexibility index (Phi) is 9.22. The van der Waals surface area contributed by atoms with Crippen molar-refractivity contribution in [2.75, 3.05) is 18.5 Å². The standard InChI is InChI=1S/C23H28N4O4/c1-4-5-13-24-22(29)23(30)27-25-14-18-11-6-7-12-19(18)31-15-20(28)26-21-16(2)9-8-10-17(21)3/h6-12,14H,4-5,13,15H2,1-3H3,(H,24,29)(H,26,28)(H,27,30)/b25-14-. The molecular formula is C23H28N4O4. The second kappa shape index (κ2) is 12.1. The van der Waals surface area contributed by atoms with Gasteiger partial charge in [-0.05, 0) is 43.5 Å². The van der Waals surface area contributed by atoms with Crippen molar-refractivity contribution in [3.8, 4) is 5.75 Å². The third-order valence-corrected chi connectivity index (χ3v) is 4.42. The molecule has 2 aromatic carbocycles. The van der Waals surface area contributed by atoms with E-state index >= 15 is 0 Å². The van der Waals surface area contributed by atoms with Crippen molar-refractivity contribution in [3.05, 3.63) is 59.2 Å². The zero-order valence-corrected chi connectivity index (χ0v) is 18.0. The molecule has 8 nitrogen and oxygen atoms in total. The molecule has 3 amide bonds. The van der Waals surface area contributed by atoms with Crippen molar-refractivity contribution in [2.45, 2.75) is 33.6 Å². The van der Waals surface area contributed by atoms with E-state index in [0.717, 1.165) is 29.7 Å². The summed E-state index contributed by atoms with van der Waals surface area (Å²) in [5.74, 6) is -1.46. The van der Waals surface area contributed by atoms with Gasteiger partial charge in [0.25, 0.3) is 5.91 Å². The van der Waals surface area contributed by atoms with E-state index in [9.17, 15) is 14.4 Å². The third kappa shape index (κ3) is 7.58. The molecule has 0 bridgehead atoms. The van der Waals surface area contributed by atoms with E-state index in [1.165, 1.54) is 6.21 Å². The normalized spacial score (nSPS) is 10.5. The van der Waals surface area contributed by atoms with E-state index in [1.807, 2.05) is 39.0 Å². The maximum Gasteiger partial charge on any atom is 0.329 e. The number of nitrogens with zero attached hydrogens (tertiary/aromatic N) is 1. The molecule has 0 heterocycles. The van der Waals surface area contributed by atoms with E-state index < -0.39 is 11.8 Å². The van der Waals surface area contributed by atoms with Crippen LogP contribution in [0.5, 0.6) is 5.75 Å². The van der Waals surface area contributed by atoms with E-state index in [0.29, 0.717) is 17.9 Å². The number of carbonyl (C=O) groups is 3. The minimum atomic E-state index is -0.848. The Labute approximate surface area is 182 Å². The quantitative estimate of drug-likeness (QED) is 0.249. The number of ether oxygens (including phenoxy) is 1. The maximum absolute atomic E-state index is 12.3. The molecule has 2 rings (SSSR count). The summed E-state index contributed by atoms with van der Waals surface area (Å²) in [6.45, 7) is 6.09. The number of anilines is 1. The molecule has 0 aliphatic heterocycles. The van der Waals surface area contributed by atoms with Crippen LogP contribution in [0.3, 0.4) is 0 Å². The van der Waals surface area contributed by atoms with Crippen molar-refractivity contribution in [1.29, 1.82) is 0 Å². The number of rotatable bonds is 9. The average Bonchev–Trinajstić information content (AvgIpc) is 2.75. The van der Waals surface area contributed by atoms with Crippen molar-refractivity contribution in [1.82, 2.24) is 10.7 Å². The molecule has 31 heavy (non-hydrogen) atoms. The summed E-state index contributed by atoms with van der Waals surface area (Å²) in [5.41, 5.74) is 5.43. The van der Waals surface area contributed by atoms with E-state index in [-0.39, 0.29) is 12.5 Å². The Morgan fingerprint density at radius 3 is 2.42 bits per heavy atom. The van der Waals surface area contributed by atoms with Crippen LogP contribution in [0, 0.1) is 13.8 Å². The lowest BCUT2D eigenvalue weighted by Crippen LogP contribution is -2.38. The lowest BCUT2D eigenvalue weighted by atomic mass is 10.1. The van der Waals surface area contributed by atoms with Crippen LogP contribution < -0.4 is 20.8 Å². The molecule has 164 valence electrons. The van der Waals surface area contributed by atoms with Gasteiger partial charge in [0.15, 0.2) is 6.61 Å². The number of hydrazone groups is 1. The van der Waals surface area contributed by atoms with Gasteiger partial charge in [0.1, 0.15) is 5.75 Å². The Hall–Kier alpha value is -3.68. The Morgan fingerprint density at radius 1 is 1.00 bits per heavy atom. The van der Waals surface area contributed by atoms with Crippen molar-refractivity contribution in [2.24, 2.45) is 5.10 Å². The van der Waals surface area contributed by atoms with Crippen LogP contribution >= 0.6 is 0 Å². The molecule has 0 saturated heterocycles. The fraction of sp³-hybridized carbons (Fsp3) is 0.304. The fourth-order valence-corrected chi connectivity index (χ4v) is 2.72. The number of hydrogen-bond acceptors (Lipinski definition) is 5. The minimum absolute atomic E-state index is 0.190. The number of benzene rings is 2. The molecule has 0 aliphatic carbocycles. The fourth-order valence-electron chi connectivity index (χ4n) is 2.72. The summed E-state index contributed by atoms with van der Waals surface area (Å²) >= 11 is 0. The number of amides is 3. The summed E-state index contributed by atoms with van der Waals surface area (Å²) in [6, 6.07) is 12.7. The van der Waals surface area contributed by atoms with Crippen molar-refractivity contribution in [3.63, 3.8) is 0 Å². The first-order valence-electron chi connectivity index (χ1n) is 10.1. The van der Waals surface area contributed by atoms with E-state index in [1.54, 1.807) is 24.3 Å². The molecule has 0 fully saturated rings. The van der Waals surface area contributed by atoms with Crippen LogP contribution in [0.25, 0.3) is 0 Å². The highest BCUT2D eigenvalue weighted by atomic mass is 16.5. The Balaban J connectivity index is 1.91. The first-order chi connectivity index (χ1) is 14.9. The number of nitrogens with one attached hydrogen (secondary N) is 3. The van der Waals surface area contributed by atoms with Gasteiger partial charge in [0.05, 0.1) is 6.21 Å². The van der Waals surface area contributed by atoms with Gasteiger partial charge in [-0.25, -0.2) is 5.43 Å². The third-order valence-electron chi connectivity index (χ3n) is 4.42. The highest BCUT2D eigenvalue weighted by Crippen LogP contribution is 2.20. The molecule has 0 radical (unpaired) electrons. The number of carbonyl (C=O) groups excluding carboxylic acids is 3. The number of para-hydroxylation sites is 2. The first kappa shape index (κ1) is 23.6. The van der Waals surface area contributed by atoms with Crippen LogP contribution in [0.1, 0.15) is 36.5 Å². The van der Waals surface area contributed by atoms with Crippen LogP contribution in [0.2, 0.25) is 0 Å². The van der Waals surface area contributed by atoms with Gasteiger partial charge >= 0.3 is 11.8 Å². The first-order valence-corrected chi connectivity index (χ1v) is 10.1. The number of unbranched alkanes of at least 4 members (excludes halogenated alkanes) is 1. The Morgan fingerprint density at radius 2 is 1.71 bits per heavy atom. The van der Waals surface area contributed by atoms with Crippen LogP contribution in [-0.2, 0) is 14.4 Å². The topological polar surface area (TPSA) is 109 Å². The summed E-state index contributed by atoms with van der Waals surface area (Å²) in [4.78, 5) is 35.7. The largest absolute Gasteiger partial charge is 0.483 e. The number of hydrogen-bond donors (Lipinski definition) is 3. The van der Waals surface area contributed by atoms with Crippen LogP contribution in [0.15, 0.2) is 47.6 Å². The predicted octanol–water partition coefficient (Wildman–Crippen LogP) is 2.69. The molecule has 0 saturated carbocycles. The highest BCUT2D eigenvalue weighted by molar-refractivity contribution is 6.35. The van der Waals surface area contributed by atoms with Crippen molar-refractivity contribution >= 4 is 29.6 Å². The molecule has 0 aromatic heterocycles. The minimum Gasteiger partial charge on any atom is -0.483 e. The van der Waals surface area contributed by atoms with Gasteiger partial charge in [0.2, 0.25) is 0 Å². The smallest absolute Gasteiger partial charge is 0.329 e. The second-order valence-electron chi connectivity index (χ2n) is 6.95. The lowest BCUT2D eigenvalue weighted by Gasteiger charge is -2.13. The second-order valence-corrected chi connectivity index (χ2v) is 6.95. The van der Waals surface area contributed by atoms with Gasteiger partial charge in [-0.1, -0.05) is 43.7 Å². The summed E-state index contributed by atoms with van der Waals surface area (Å²) in [7, 11) is 0. The monoisotopic (exact) mass is 424 g/mol. The lowest BCUT2D eigenvalue weighted by molar-refractivity contribution is -0.139. The van der Waals surface area contributed by atoms with E-state index in [4.69, 9.17) is 4.74 Å². The van der Waals surface area contributed by atoms with E-state index in [2.05, 4.69) is 21.2 Å². The molecule has 0 aliphatic rings. The molecular weight excluding hydrogens is 396 g/mol. The molecule has 8 heteroatoms. The molecule has 0 atom stereocenters. The average molecular weight is 425 g/mol. The van der Waals surface area contributed by atoms with Gasteiger partial charge in [-0.3, -0.25) is 14.4 Å². The SMILES string of the molecule is CCCCNC(=O)C(=O)N/N=C\c1ccccc1OCC(=O)Nc1c(C)cccc1C. The van der Waals surface area contributed by atoms with Crippen molar-refractivity contribution < 1.29 is 19.1 Å². The summed E-state index contributed by atoms with van der Waals surface area (Å²) in [6.07, 6.45) is 3.07. The van der Waals surface area contributed by atoms with Gasteiger partial charge in [0, 0.05) is 17.8 Å². The van der Waals surface area contributed by atoms with Crippen LogP contribution in [0.4, 0.5) is 5.69 Å². The van der Waals surface area contributed by atoms with Crippen LogP contribution in [-0.4, -0.2) is 37.1 Å². The predicted molar refractivity (Wildman–Crippen MR) is 120 cm³/mol. The zero-order chi connectivity index (χ0) is 22.6.